The predicted octanol–water partition coefficient (Wildman–Crippen LogP) is 3.68. The number of nitrogens with one attached hydrogen (secondary N) is 1. The molecule has 1 amide bonds. The monoisotopic (exact) mass is 291 g/mol. The minimum absolute atomic E-state index is 0.0455. The van der Waals surface area contributed by atoms with E-state index in [2.05, 4.69) is 5.32 Å². The van der Waals surface area contributed by atoms with E-state index in [1.807, 2.05) is 25.1 Å². The highest BCUT2D eigenvalue weighted by atomic mass is 19.1. The van der Waals surface area contributed by atoms with Gasteiger partial charge in [-0.15, -0.1) is 0 Å². The van der Waals surface area contributed by atoms with Crippen molar-refractivity contribution in [3.05, 3.63) is 59.7 Å². The highest BCUT2D eigenvalue weighted by molar-refractivity contribution is 5.90. The van der Waals surface area contributed by atoms with E-state index < -0.39 is 17.5 Å². The van der Waals surface area contributed by atoms with Crippen molar-refractivity contribution in [1.82, 2.24) is 0 Å². The number of benzene rings is 2. The number of amides is 1. The Morgan fingerprint density at radius 1 is 1.19 bits per heavy atom. The molecule has 0 radical (unpaired) electrons. The predicted molar refractivity (Wildman–Crippen MR) is 76.3 cm³/mol. The van der Waals surface area contributed by atoms with Gasteiger partial charge in [0.15, 0.2) is 0 Å². The van der Waals surface area contributed by atoms with Crippen molar-refractivity contribution >= 4 is 11.6 Å². The standard InChI is InChI=1S/C16H15F2NO2/c1-11-3-2-4-13(9-11)21-8-7-16(20)19-15-10-12(17)5-6-14(15)18/h2-6,9-10H,7-8H2,1H3,(H,19,20). The number of aryl methyl sites for hydroxylation is 1. The lowest BCUT2D eigenvalue weighted by atomic mass is 10.2. The molecule has 0 saturated heterocycles. The van der Waals surface area contributed by atoms with Crippen LogP contribution in [-0.4, -0.2) is 12.5 Å². The summed E-state index contributed by atoms with van der Waals surface area (Å²) in [6.45, 7) is 2.10. The van der Waals surface area contributed by atoms with E-state index in [1.165, 1.54) is 0 Å². The minimum Gasteiger partial charge on any atom is -0.493 e. The van der Waals surface area contributed by atoms with Gasteiger partial charge >= 0.3 is 0 Å². The molecule has 0 aliphatic heterocycles. The summed E-state index contributed by atoms with van der Waals surface area (Å²) in [5.41, 5.74) is 0.884. The molecule has 0 saturated carbocycles. The second-order valence-electron chi connectivity index (χ2n) is 4.59. The molecule has 2 aromatic rings. The molecule has 0 unspecified atom stereocenters. The molecule has 2 aromatic carbocycles. The summed E-state index contributed by atoms with van der Waals surface area (Å²) in [6.07, 6.45) is 0.0455. The van der Waals surface area contributed by atoms with E-state index >= 15 is 0 Å². The van der Waals surface area contributed by atoms with Crippen molar-refractivity contribution in [2.45, 2.75) is 13.3 Å². The normalized spacial score (nSPS) is 10.2. The highest BCUT2D eigenvalue weighted by Crippen LogP contribution is 2.16. The van der Waals surface area contributed by atoms with E-state index in [0.29, 0.717) is 5.75 Å². The average Bonchev–Trinajstić information content (AvgIpc) is 2.43. The van der Waals surface area contributed by atoms with Crippen LogP contribution in [0.2, 0.25) is 0 Å². The van der Waals surface area contributed by atoms with Gasteiger partial charge in [0.05, 0.1) is 18.7 Å². The Kier molecular flexibility index (Phi) is 4.87. The molecule has 1 N–H and O–H groups in total. The van der Waals surface area contributed by atoms with Gasteiger partial charge < -0.3 is 10.1 Å². The Morgan fingerprint density at radius 3 is 2.76 bits per heavy atom. The van der Waals surface area contributed by atoms with Crippen molar-refractivity contribution < 1.29 is 18.3 Å². The molecule has 0 aromatic heterocycles. The molecule has 0 fully saturated rings. The quantitative estimate of drug-likeness (QED) is 0.912. The first kappa shape index (κ1) is 15.0. The van der Waals surface area contributed by atoms with Crippen LogP contribution < -0.4 is 10.1 Å². The van der Waals surface area contributed by atoms with Crippen LogP contribution in [0.15, 0.2) is 42.5 Å². The van der Waals surface area contributed by atoms with Gasteiger partial charge in [0.2, 0.25) is 5.91 Å². The fraction of sp³-hybridized carbons (Fsp3) is 0.188. The topological polar surface area (TPSA) is 38.3 Å². The van der Waals surface area contributed by atoms with Crippen LogP contribution in [0.25, 0.3) is 0 Å². The first-order valence-corrected chi connectivity index (χ1v) is 6.49. The zero-order valence-electron chi connectivity index (χ0n) is 11.5. The second kappa shape index (κ2) is 6.83. The van der Waals surface area contributed by atoms with Crippen LogP contribution >= 0.6 is 0 Å². The maximum atomic E-state index is 13.3. The number of rotatable bonds is 5. The summed E-state index contributed by atoms with van der Waals surface area (Å²) in [7, 11) is 0. The number of hydrogen-bond acceptors (Lipinski definition) is 2. The maximum absolute atomic E-state index is 13.3. The Labute approximate surface area is 121 Å². The van der Waals surface area contributed by atoms with E-state index in [4.69, 9.17) is 4.74 Å². The van der Waals surface area contributed by atoms with Crippen molar-refractivity contribution in [3.8, 4) is 5.75 Å². The van der Waals surface area contributed by atoms with Crippen LogP contribution in [0.3, 0.4) is 0 Å². The number of carbonyl (C=O) groups excluding carboxylic acids is 1. The number of hydrogen-bond donors (Lipinski definition) is 1. The highest BCUT2D eigenvalue weighted by Gasteiger charge is 2.08. The van der Waals surface area contributed by atoms with E-state index in [9.17, 15) is 13.6 Å². The summed E-state index contributed by atoms with van der Waals surface area (Å²) >= 11 is 0. The summed E-state index contributed by atoms with van der Waals surface area (Å²) in [5.74, 6) is -1.06. The smallest absolute Gasteiger partial charge is 0.227 e. The van der Waals surface area contributed by atoms with Crippen LogP contribution in [0, 0.1) is 18.6 Å². The Bertz CT molecular complexity index is 644. The first-order chi connectivity index (χ1) is 10.0. The number of anilines is 1. The van der Waals surface area contributed by atoms with Gasteiger partial charge in [-0.1, -0.05) is 12.1 Å². The van der Waals surface area contributed by atoms with Crippen molar-refractivity contribution in [2.24, 2.45) is 0 Å². The summed E-state index contributed by atoms with van der Waals surface area (Å²) in [4.78, 5) is 11.7. The summed E-state index contributed by atoms with van der Waals surface area (Å²) < 4.78 is 31.7. The van der Waals surface area contributed by atoms with Crippen molar-refractivity contribution in [1.29, 1.82) is 0 Å². The lowest BCUT2D eigenvalue weighted by molar-refractivity contribution is -0.116. The zero-order valence-corrected chi connectivity index (χ0v) is 11.5. The SMILES string of the molecule is Cc1cccc(OCCC(=O)Nc2cc(F)ccc2F)c1. The third-order valence-electron chi connectivity index (χ3n) is 2.79. The molecule has 0 aliphatic carbocycles. The van der Waals surface area contributed by atoms with Crippen molar-refractivity contribution in [3.63, 3.8) is 0 Å². The lowest BCUT2D eigenvalue weighted by Crippen LogP contribution is -2.16. The largest absolute Gasteiger partial charge is 0.493 e. The molecular formula is C16H15F2NO2. The molecule has 110 valence electrons. The summed E-state index contributed by atoms with van der Waals surface area (Å²) in [5, 5.41) is 2.31. The lowest BCUT2D eigenvalue weighted by Gasteiger charge is -2.08. The Balaban J connectivity index is 1.84. The summed E-state index contributed by atoms with van der Waals surface area (Å²) in [6, 6.07) is 10.3. The third-order valence-corrected chi connectivity index (χ3v) is 2.79. The van der Waals surface area contributed by atoms with Crippen LogP contribution in [-0.2, 0) is 4.79 Å². The molecular weight excluding hydrogens is 276 g/mol. The van der Waals surface area contributed by atoms with Gasteiger partial charge in [-0.05, 0) is 36.8 Å². The minimum atomic E-state index is -0.677. The molecule has 0 bridgehead atoms. The van der Waals surface area contributed by atoms with Gasteiger partial charge in [-0.2, -0.15) is 0 Å². The molecule has 0 aliphatic rings. The van der Waals surface area contributed by atoms with E-state index in [-0.39, 0.29) is 18.7 Å². The molecule has 0 spiro atoms. The molecule has 0 atom stereocenters. The van der Waals surface area contributed by atoms with Gasteiger partial charge in [0, 0.05) is 6.07 Å². The number of ether oxygens (including phenoxy) is 1. The van der Waals surface area contributed by atoms with Gasteiger partial charge in [0.25, 0.3) is 0 Å². The first-order valence-electron chi connectivity index (χ1n) is 6.49. The fourth-order valence-electron chi connectivity index (χ4n) is 1.77. The number of carbonyl (C=O) groups is 1. The Morgan fingerprint density at radius 2 is 2.00 bits per heavy atom. The van der Waals surface area contributed by atoms with Crippen LogP contribution in [0.5, 0.6) is 5.75 Å². The average molecular weight is 291 g/mol. The molecule has 21 heavy (non-hydrogen) atoms. The maximum Gasteiger partial charge on any atom is 0.227 e. The van der Waals surface area contributed by atoms with Crippen molar-refractivity contribution in [2.75, 3.05) is 11.9 Å². The molecule has 2 rings (SSSR count). The molecule has 0 heterocycles. The van der Waals surface area contributed by atoms with Gasteiger partial charge in [0.1, 0.15) is 17.4 Å². The fourth-order valence-corrected chi connectivity index (χ4v) is 1.77. The number of halogens is 2. The van der Waals surface area contributed by atoms with E-state index in [0.717, 1.165) is 23.8 Å². The second-order valence-corrected chi connectivity index (χ2v) is 4.59. The van der Waals surface area contributed by atoms with Gasteiger partial charge in [-0.3, -0.25) is 4.79 Å². The van der Waals surface area contributed by atoms with Crippen LogP contribution in [0.1, 0.15) is 12.0 Å². The zero-order chi connectivity index (χ0) is 15.2. The molecule has 5 heteroatoms. The van der Waals surface area contributed by atoms with Crippen LogP contribution in [0.4, 0.5) is 14.5 Å². The molecule has 3 nitrogen and oxygen atoms in total. The third kappa shape index (κ3) is 4.56. The van der Waals surface area contributed by atoms with Gasteiger partial charge in [-0.25, -0.2) is 8.78 Å². The van der Waals surface area contributed by atoms with E-state index in [1.54, 1.807) is 6.07 Å². The Hall–Kier alpha value is -2.43.